The second kappa shape index (κ2) is 7.35. The highest BCUT2D eigenvalue weighted by molar-refractivity contribution is 7.92. The van der Waals surface area contributed by atoms with Gasteiger partial charge in [0.15, 0.2) is 11.5 Å². The molecule has 0 aliphatic rings. The Morgan fingerprint density at radius 2 is 1.69 bits per heavy atom. The summed E-state index contributed by atoms with van der Waals surface area (Å²) >= 11 is 1.57. The maximum atomic E-state index is 12.6. The summed E-state index contributed by atoms with van der Waals surface area (Å²) < 4.78 is 38.1. The van der Waals surface area contributed by atoms with E-state index in [2.05, 4.69) is 9.71 Å². The SMILES string of the molecule is COc1ccc(S(=O)(=O)Nc2ccc(-c3csc(C)n3)cc2)cc1OC. The second-order valence-electron chi connectivity index (χ2n) is 5.45. The second-order valence-corrected chi connectivity index (χ2v) is 8.20. The van der Waals surface area contributed by atoms with Gasteiger partial charge >= 0.3 is 0 Å². The number of methoxy groups -OCH3 is 2. The molecule has 2 aromatic carbocycles. The molecule has 0 bridgehead atoms. The first-order chi connectivity index (χ1) is 12.4. The zero-order valence-corrected chi connectivity index (χ0v) is 16.1. The molecule has 3 aromatic rings. The fourth-order valence-corrected chi connectivity index (χ4v) is 4.10. The number of hydrogen-bond donors (Lipinski definition) is 1. The third kappa shape index (κ3) is 3.81. The molecule has 136 valence electrons. The van der Waals surface area contributed by atoms with Crippen LogP contribution in [0.1, 0.15) is 5.01 Å². The van der Waals surface area contributed by atoms with Crippen molar-refractivity contribution in [2.45, 2.75) is 11.8 Å². The van der Waals surface area contributed by atoms with E-state index in [0.717, 1.165) is 16.3 Å². The summed E-state index contributed by atoms with van der Waals surface area (Å²) in [6.07, 6.45) is 0. The zero-order valence-electron chi connectivity index (χ0n) is 14.5. The minimum atomic E-state index is -3.74. The van der Waals surface area contributed by atoms with Crippen LogP contribution in [0.3, 0.4) is 0 Å². The van der Waals surface area contributed by atoms with Crippen LogP contribution in [-0.4, -0.2) is 27.6 Å². The van der Waals surface area contributed by atoms with Crippen LogP contribution in [0, 0.1) is 6.92 Å². The van der Waals surface area contributed by atoms with Crippen molar-refractivity contribution in [3.05, 3.63) is 52.9 Å². The number of benzene rings is 2. The fourth-order valence-electron chi connectivity index (χ4n) is 2.40. The molecule has 0 saturated carbocycles. The van der Waals surface area contributed by atoms with Crippen molar-refractivity contribution in [3.8, 4) is 22.8 Å². The Bertz CT molecular complexity index is 1010. The number of nitrogens with zero attached hydrogens (tertiary/aromatic N) is 1. The van der Waals surface area contributed by atoms with Crippen molar-refractivity contribution in [1.82, 2.24) is 4.98 Å². The average Bonchev–Trinajstić information content (AvgIpc) is 3.07. The van der Waals surface area contributed by atoms with E-state index < -0.39 is 10.0 Å². The summed E-state index contributed by atoms with van der Waals surface area (Å²) in [6, 6.07) is 11.5. The van der Waals surface area contributed by atoms with Crippen molar-refractivity contribution >= 4 is 27.0 Å². The molecule has 0 amide bonds. The third-order valence-electron chi connectivity index (χ3n) is 3.72. The maximum Gasteiger partial charge on any atom is 0.262 e. The van der Waals surface area contributed by atoms with Crippen molar-refractivity contribution in [3.63, 3.8) is 0 Å². The largest absolute Gasteiger partial charge is 0.493 e. The van der Waals surface area contributed by atoms with Crippen LogP contribution in [-0.2, 0) is 10.0 Å². The van der Waals surface area contributed by atoms with Crippen LogP contribution in [0.25, 0.3) is 11.3 Å². The molecule has 0 aliphatic heterocycles. The van der Waals surface area contributed by atoms with Crippen LogP contribution in [0.15, 0.2) is 52.7 Å². The topological polar surface area (TPSA) is 77.5 Å². The Hall–Kier alpha value is -2.58. The van der Waals surface area contributed by atoms with E-state index in [-0.39, 0.29) is 4.90 Å². The van der Waals surface area contributed by atoms with Crippen LogP contribution in [0.2, 0.25) is 0 Å². The molecule has 0 atom stereocenters. The molecule has 0 fully saturated rings. The first kappa shape index (κ1) is 18.2. The van der Waals surface area contributed by atoms with Crippen LogP contribution < -0.4 is 14.2 Å². The minimum absolute atomic E-state index is 0.0920. The van der Waals surface area contributed by atoms with Crippen LogP contribution >= 0.6 is 11.3 Å². The number of hydrogen-bond acceptors (Lipinski definition) is 6. The summed E-state index contributed by atoms with van der Waals surface area (Å²) in [7, 11) is -0.789. The lowest BCUT2D eigenvalue weighted by molar-refractivity contribution is 0.354. The number of anilines is 1. The van der Waals surface area contributed by atoms with E-state index in [9.17, 15) is 8.42 Å². The lowest BCUT2D eigenvalue weighted by atomic mass is 10.1. The average molecular weight is 390 g/mol. The minimum Gasteiger partial charge on any atom is -0.493 e. The molecule has 1 heterocycles. The Balaban J connectivity index is 1.83. The van der Waals surface area contributed by atoms with Crippen molar-refractivity contribution < 1.29 is 17.9 Å². The van der Waals surface area contributed by atoms with Gasteiger partial charge in [0.2, 0.25) is 0 Å². The number of nitrogens with one attached hydrogen (secondary N) is 1. The molecule has 6 nitrogen and oxygen atoms in total. The first-order valence-electron chi connectivity index (χ1n) is 7.70. The van der Waals surface area contributed by atoms with E-state index in [0.29, 0.717) is 17.2 Å². The molecule has 0 spiro atoms. The summed E-state index contributed by atoms with van der Waals surface area (Å²) in [5.41, 5.74) is 2.28. The highest BCUT2D eigenvalue weighted by Crippen LogP contribution is 2.30. The molecule has 8 heteroatoms. The van der Waals surface area contributed by atoms with E-state index in [1.807, 2.05) is 24.4 Å². The molecule has 0 unspecified atom stereocenters. The van der Waals surface area contributed by atoms with E-state index >= 15 is 0 Å². The standard InChI is InChI=1S/C18H18N2O4S2/c1-12-19-16(11-25-12)13-4-6-14(7-5-13)20-26(21,22)15-8-9-17(23-2)18(10-15)24-3/h4-11,20H,1-3H3. The first-order valence-corrected chi connectivity index (χ1v) is 10.1. The van der Waals surface area contributed by atoms with Crippen molar-refractivity contribution in [2.75, 3.05) is 18.9 Å². The normalized spacial score (nSPS) is 11.2. The van der Waals surface area contributed by atoms with Gasteiger partial charge in [0.25, 0.3) is 10.0 Å². The molecule has 26 heavy (non-hydrogen) atoms. The highest BCUT2D eigenvalue weighted by Gasteiger charge is 2.17. The predicted octanol–water partition coefficient (Wildman–Crippen LogP) is 3.94. The number of rotatable bonds is 6. The van der Waals surface area contributed by atoms with Crippen molar-refractivity contribution in [2.24, 2.45) is 0 Å². The fraction of sp³-hybridized carbons (Fsp3) is 0.167. The molecule has 0 radical (unpaired) electrons. The molecule has 1 aromatic heterocycles. The monoisotopic (exact) mass is 390 g/mol. The van der Waals surface area contributed by atoms with E-state index in [1.165, 1.54) is 26.4 Å². The van der Waals surface area contributed by atoms with Gasteiger partial charge in [-0.1, -0.05) is 12.1 Å². The summed E-state index contributed by atoms with van der Waals surface area (Å²) in [6.45, 7) is 1.94. The lowest BCUT2D eigenvalue weighted by Crippen LogP contribution is -2.13. The van der Waals surface area contributed by atoms with Crippen LogP contribution in [0.4, 0.5) is 5.69 Å². The maximum absolute atomic E-state index is 12.6. The predicted molar refractivity (Wildman–Crippen MR) is 103 cm³/mol. The summed E-state index contributed by atoms with van der Waals surface area (Å²) in [5, 5.41) is 2.95. The van der Waals surface area contributed by atoms with Gasteiger partial charge in [0, 0.05) is 22.7 Å². The summed E-state index contributed by atoms with van der Waals surface area (Å²) in [4.78, 5) is 4.51. The van der Waals surface area contributed by atoms with Gasteiger partial charge in [-0.3, -0.25) is 4.72 Å². The number of ether oxygens (including phenoxy) is 2. The Morgan fingerprint density at radius 1 is 1.00 bits per heavy atom. The number of aromatic nitrogens is 1. The smallest absolute Gasteiger partial charge is 0.262 e. The van der Waals surface area contributed by atoms with Gasteiger partial charge in [-0.25, -0.2) is 13.4 Å². The van der Waals surface area contributed by atoms with Crippen LogP contribution in [0.5, 0.6) is 11.5 Å². The zero-order chi connectivity index (χ0) is 18.7. The molecular weight excluding hydrogens is 372 g/mol. The van der Waals surface area contributed by atoms with Gasteiger partial charge < -0.3 is 9.47 Å². The van der Waals surface area contributed by atoms with Crippen molar-refractivity contribution in [1.29, 1.82) is 0 Å². The third-order valence-corrected chi connectivity index (χ3v) is 5.87. The van der Waals surface area contributed by atoms with E-state index in [4.69, 9.17) is 9.47 Å². The highest BCUT2D eigenvalue weighted by atomic mass is 32.2. The Labute approximate surface area is 156 Å². The summed E-state index contributed by atoms with van der Waals surface area (Å²) in [5.74, 6) is 0.819. The van der Waals surface area contributed by atoms with Gasteiger partial charge in [-0.15, -0.1) is 11.3 Å². The lowest BCUT2D eigenvalue weighted by Gasteiger charge is -2.12. The van der Waals surface area contributed by atoms with Gasteiger partial charge in [-0.2, -0.15) is 0 Å². The number of sulfonamides is 1. The Morgan fingerprint density at radius 3 is 2.27 bits per heavy atom. The van der Waals surface area contributed by atoms with Gasteiger partial charge in [-0.05, 0) is 31.2 Å². The van der Waals surface area contributed by atoms with E-state index in [1.54, 1.807) is 29.5 Å². The van der Waals surface area contributed by atoms with Gasteiger partial charge in [0.1, 0.15) is 0 Å². The Kier molecular flexibility index (Phi) is 5.15. The molecule has 1 N–H and O–H groups in total. The molecular formula is C18H18N2O4S2. The van der Waals surface area contributed by atoms with Gasteiger partial charge in [0.05, 0.1) is 29.8 Å². The molecule has 0 saturated heterocycles. The number of thiazole rings is 1. The number of aryl methyl sites for hydroxylation is 1. The quantitative estimate of drug-likeness (QED) is 0.690. The molecule has 3 rings (SSSR count). The molecule has 0 aliphatic carbocycles.